The van der Waals surface area contributed by atoms with Crippen LogP contribution in [0.4, 0.5) is 0 Å². The summed E-state index contributed by atoms with van der Waals surface area (Å²) in [6.07, 6.45) is 4.72. The predicted octanol–water partition coefficient (Wildman–Crippen LogP) is 3.15. The molecule has 0 saturated carbocycles. The molecule has 0 aliphatic heterocycles. The molecule has 0 unspecified atom stereocenters. The number of nitrogens with two attached hydrogens (primary N) is 1. The number of rotatable bonds is 9. The number of ether oxygens (including phenoxy) is 1. The summed E-state index contributed by atoms with van der Waals surface area (Å²) < 4.78 is 5.16. The van der Waals surface area contributed by atoms with E-state index in [1.54, 1.807) is 0 Å². The highest BCUT2D eigenvalue weighted by Gasteiger charge is 2.14. The number of unbranched alkanes of at least 4 members (excludes halogenated alkanes) is 2. The van der Waals surface area contributed by atoms with Crippen molar-refractivity contribution in [3.8, 4) is 0 Å². The maximum atomic E-state index is 11.5. The smallest absolute Gasteiger partial charge is 0.306 e. The SMILES string of the molecule is CCCCCOC(=O)C[C@@H](CN)CC(C)C.Cl. The lowest BCUT2D eigenvalue weighted by molar-refractivity contribution is -0.144. The van der Waals surface area contributed by atoms with Crippen LogP contribution in [0.3, 0.4) is 0 Å². The lowest BCUT2D eigenvalue weighted by atomic mass is 9.94. The first-order valence-electron chi connectivity index (χ1n) is 6.45. The number of carbonyl (C=O) groups excluding carboxylic acids is 1. The average molecular weight is 266 g/mol. The fourth-order valence-electron chi connectivity index (χ4n) is 1.76. The van der Waals surface area contributed by atoms with Gasteiger partial charge in [-0.05, 0) is 31.2 Å². The molecule has 4 heteroatoms. The lowest BCUT2D eigenvalue weighted by Crippen LogP contribution is -2.21. The lowest BCUT2D eigenvalue weighted by Gasteiger charge is -2.16. The van der Waals surface area contributed by atoms with Crippen molar-refractivity contribution in [2.24, 2.45) is 17.6 Å². The van der Waals surface area contributed by atoms with E-state index < -0.39 is 0 Å². The van der Waals surface area contributed by atoms with Crippen molar-refractivity contribution >= 4 is 18.4 Å². The Bertz CT molecular complexity index is 186. The molecular formula is C13H28ClNO2. The molecule has 3 nitrogen and oxygen atoms in total. The Kier molecular flexibility index (Phi) is 13.7. The Hall–Kier alpha value is -0.280. The van der Waals surface area contributed by atoms with Gasteiger partial charge in [-0.1, -0.05) is 33.6 Å². The van der Waals surface area contributed by atoms with Gasteiger partial charge in [0.05, 0.1) is 6.61 Å². The van der Waals surface area contributed by atoms with E-state index in [9.17, 15) is 4.79 Å². The van der Waals surface area contributed by atoms with E-state index in [0.29, 0.717) is 25.5 Å². The third-order valence-corrected chi connectivity index (χ3v) is 2.60. The van der Waals surface area contributed by atoms with Gasteiger partial charge in [0, 0.05) is 6.42 Å². The van der Waals surface area contributed by atoms with Crippen LogP contribution in [0.2, 0.25) is 0 Å². The molecule has 0 aromatic heterocycles. The van der Waals surface area contributed by atoms with Gasteiger partial charge in [-0.25, -0.2) is 0 Å². The van der Waals surface area contributed by atoms with Crippen LogP contribution in [0.5, 0.6) is 0 Å². The van der Waals surface area contributed by atoms with Gasteiger partial charge in [0.15, 0.2) is 0 Å². The predicted molar refractivity (Wildman–Crippen MR) is 74.3 cm³/mol. The van der Waals surface area contributed by atoms with Gasteiger partial charge in [0.2, 0.25) is 0 Å². The molecule has 0 rings (SSSR count). The molecule has 0 spiro atoms. The van der Waals surface area contributed by atoms with Gasteiger partial charge in [0.25, 0.3) is 0 Å². The van der Waals surface area contributed by atoms with Gasteiger partial charge in [-0.15, -0.1) is 12.4 Å². The normalized spacial score (nSPS) is 12.1. The van der Waals surface area contributed by atoms with Crippen molar-refractivity contribution in [2.75, 3.05) is 13.2 Å². The first-order valence-corrected chi connectivity index (χ1v) is 6.45. The minimum atomic E-state index is -0.0906. The van der Waals surface area contributed by atoms with Crippen LogP contribution in [0, 0.1) is 11.8 Å². The summed E-state index contributed by atoms with van der Waals surface area (Å²) in [7, 11) is 0. The molecule has 0 aliphatic carbocycles. The molecular weight excluding hydrogens is 238 g/mol. The van der Waals surface area contributed by atoms with Crippen LogP contribution in [0.25, 0.3) is 0 Å². The summed E-state index contributed by atoms with van der Waals surface area (Å²) in [4.78, 5) is 11.5. The molecule has 0 radical (unpaired) electrons. The third-order valence-electron chi connectivity index (χ3n) is 2.60. The first kappa shape index (κ1) is 19.1. The van der Waals surface area contributed by atoms with Crippen LogP contribution in [-0.4, -0.2) is 19.1 Å². The van der Waals surface area contributed by atoms with Gasteiger partial charge in [-0.2, -0.15) is 0 Å². The molecule has 0 aromatic carbocycles. The maximum absolute atomic E-state index is 11.5. The van der Waals surface area contributed by atoms with Crippen molar-refractivity contribution < 1.29 is 9.53 Å². The number of hydrogen-bond donors (Lipinski definition) is 1. The van der Waals surface area contributed by atoms with E-state index in [-0.39, 0.29) is 24.3 Å². The fourth-order valence-corrected chi connectivity index (χ4v) is 1.76. The summed E-state index contributed by atoms with van der Waals surface area (Å²) in [5.74, 6) is 0.771. The molecule has 1 atom stereocenters. The Morgan fingerprint density at radius 2 is 1.94 bits per heavy atom. The van der Waals surface area contributed by atoms with E-state index >= 15 is 0 Å². The molecule has 0 saturated heterocycles. The summed E-state index contributed by atoms with van der Waals surface area (Å²) >= 11 is 0. The second-order valence-corrected chi connectivity index (χ2v) is 4.86. The van der Waals surface area contributed by atoms with Crippen molar-refractivity contribution in [3.05, 3.63) is 0 Å². The second kappa shape index (κ2) is 12.2. The molecule has 0 bridgehead atoms. The molecule has 17 heavy (non-hydrogen) atoms. The standard InChI is InChI=1S/C13H27NO2.ClH/c1-4-5-6-7-16-13(15)9-12(10-14)8-11(2)3;/h11-12H,4-10,14H2,1-3H3;1H/t12-;/m0./s1. The first-order chi connectivity index (χ1) is 7.60. The number of halogens is 1. The molecule has 0 aromatic rings. The van der Waals surface area contributed by atoms with Gasteiger partial charge >= 0.3 is 5.97 Å². The number of carbonyl (C=O) groups is 1. The molecule has 0 heterocycles. The van der Waals surface area contributed by atoms with E-state index in [2.05, 4.69) is 20.8 Å². The second-order valence-electron chi connectivity index (χ2n) is 4.86. The van der Waals surface area contributed by atoms with Gasteiger partial charge < -0.3 is 10.5 Å². The van der Waals surface area contributed by atoms with Gasteiger partial charge in [-0.3, -0.25) is 4.79 Å². The largest absolute Gasteiger partial charge is 0.466 e. The van der Waals surface area contributed by atoms with E-state index in [1.807, 2.05) is 0 Å². The fraction of sp³-hybridized carbons (Fsp3) is 0.923. The van der Waals surface area contributed by atoms with Crippen LogP contribution in [0.15, 0.2) is 0 Å². The molecule has 104 valence electrons. The molecule has 0 fully saturated rings. The van der Waals surface area contributed by atoms with Crippen LogP contribution < -0.4 is 5.73 Å². The van der Waals surface area contributed by atoms with E-state index in [4.69, 9.17) is 10.5 Å². The highest BCUT2D eigenvalue weighted by atomic mass is 35.5. The summed E-state index contributed by atoms with van der Waals surface area (Å²) in [5, 5.41) is 0. The highest BCUT2D eigenvalue weighted by molar-refractivity contribution is 5.85. The van der Waals surface area contributed by atoms with E-state index in [0.717, 1.165) is 25.7 Å². The number of hydrogen-bond acceptors (Lipinski definition) is 3. The minimum absolute atomic E-state index is 0. The van der Waals surface area contributed by atoms with Crippen molar-refractivity contribution in [1.82, 2.24) is 0 Å². The van der Waals surface area contributed by atoms with Crippen molar-refractivity contribution in [2.45, 2.75) is 52.9 Å². The zero-order valence-electron chi connectivity index (χ0n) is 11.4. The Morgan fingerprint density at radius 1 is 1.29 bits per heavy atom. The Morgan fingerprint density at radius 3 is 2.41 bits per heavy atom. The zero-order chi connectivity index (χ0) is 12.4. The molecule has 2 N–H and O–H groups in total. The van der Waals surface area contributed by atoms with Gasteiger partial charge in [0.1, 0.15) is 0 Å². The minimum Gasteiger partial charge on any atom is -0.466 e. The van der Waals surface area contributed by atoms with E-state index in [1.165, 1.54) is 0 Å². The maximum Gasteiger partial charge on any atom is 0.306 e. The van der Waals surface area contributed by atoms with Crippen molar-refractivity contribution in [3.63, 3.8) is 0 Å². The summed E-state index contributed by atoms with van der Waals surface area (Å²) in [5.41, 5.74) is 5.64. The third kappa shape index (κ3) is 12.0. The summed E-state index contributed by atoms with van der Waals surface area (Å²) in [6.45, 7) is 7.56. The topological polar surface area (TPSA) is 52.3 Å². The quantitative estimate of drug-likeness (QED) is 0.515. The highest BCUT2D eigenvalue weighted by Crippen LogP contribution is 2.14. The van der Waals surface area contributed by atoms with Crippen LogP contribution in [0.1, 0.15) is 52.9 Å². The van der Waals surface area contributed by atoms with Crippen LogP contribution in [-0.2, 0) is 9.53 Å². The molecule has 0 aliphatic rings. The molecule has 0 amide bonds. The average Bonchev–Trinajstić information content (AvgIpc) is 2.23. The van der Waals surface area contributed by atoms with Crippen molar-refractivity contribution in [1.29, 1.82) is 0 Å². The van der Waals surface area contributed by atoms with Crippen LogP contribution >= 0.6 is 12.4 Å². The Balaban J connectivity index is 0. The Labute approximate surface area is 112 Å². The summed E-state index contributed by atoms with van der Waals surface area (Å²) in [6, 6.07) is 0. The zero-order valence-corrected chi connectivity index (χ0v) is 12.2. The monoisotopic (exact) mass is 265 g/mol. The number of esters is 1.